The number of piperidine rings is 1. The van der Waals surface area contributed by atoms with Crippen LogP contribution in [0, 0.1) is 0 Å². The van der Waals surface area contributed by atoms with Crippen LogP contribution in [0.4, 0.5) is 21.9 Å². The number of sulfonamides is 2. The number of halogens is 5. The monoisotopic (exact) mass is 1670 g/mol. The lowest BCUT2D eigenvalue weighted by Gasteiger charge is -2.48. The Balaban J connectivity index is 0.000000132. The highest BCUT2D eigenvalue weighted by atomic mass is 35.5. The molecule has 6 fully saturated rings. The number of carbonyl (C=O) groups excluding carboxylic acids is 3. The Hall–Kier alpha value is -7.63. The Labute approximate surface area is 676 Å². The summed E-state index contributed by atoms with van der Waals surface area (Å²) >= 11 is 31.0. The lowest BCUT2D eigenvalue weighted by atomic mass is 9.80. The maximum Gasteiger partial charge on any atom is 0.325 e. The second-order valence-electron chi connectivity index (χ2n) is 31.1. The first-order valence-electron chi connectivity index (χ1n) is 37.7. The van der Waals surface area contributed by atoms with Crippen LogP contribution in [0.15, 0.2) is 91.6 Å². The van der Waals surface area contributed by atoms with Crippen LogP contribution in [-0.4, -0.2) is 244 Å². The first kappa shape index (κ1) is 83.8. The first-order chi connectivity index (χ1) is 53.2. The van der Waals surface area contributed by atoms with Gasteiger partial charge in [0.05, 0.1) is 83.3 Å². The number of anilines is 3. The zero-order valence-electron chi connectivity index (χ0n) is 63.8. The average molecular weight is 1680 g/mol. The molecule has 6 aliphatic rings. The van der Waals surface area contributed by atoms with Gasteiger partial charge in [0.1, 0.15) is 5.54 Å². The van der Waals surface area contributed by atoms with E-state index >= 15 is 0 Å². The number of rotatable bonds is 16. The normalized spacial score (nSPS) is 20.8. The molecule has 5 aromatic carbocycles. The Morgan fingerprint density at radius 2 is 0.830 bits per heavy atom. The number of aromatic amines is 5. The van der Waals surface area contributed by atoms with E-state index in [1.54, 1.807) is 13.1 Å². The lowest BCUT2D eigenvalue weighted by molar-refractivity contribution is -0.132. The molecule has 5 aromatic heterocycles. The number of hydrogen-bond donors (Lipinski definition) is 11. The third-order valence-electron chi connectivity index (χ3n) is 22.1. The molecule has 4 aliphatic heterocycles. The van der Waals surface area contributed by atoms with Crippen molar-refractivity contribution in [1.29, 1.82) is 0 Å². The second kappa shape index (κ2) is 35.6. The van der Waals surface area contributed by atoms with E-state index in [2.05, 4.69) is 123 Å². The van der Waals surface area contributed by atoms with Crippen LogP contribution in [0.3, 0.4) is 0 Å². The second-order valence-corrected chi connectivity index (χ2v) is 36.9. The van der Waals surface area contributed by atoms with E-state index in [9.17, 15) is 41.4 Å². The maximum absolute atomic E-state index is 12.9. The van der Waals surface area contributed by atoms with Crippen molar-refractivity contribution in [3.8, 4) is 0 Å². The van der Waals surface area contributed by atoms with E-state index in [0.717, 1.165) is 178 Å². The molecule has 4 amide bonds. The van der Waals surface area contributed by atoms with Gasteiger partial charge in [-0.1, -0.05) is 83.7 Å². The van der Waals surface area contributed by atoms with E-state index in [1.807, 2.05) is 85.5 Å². The fraction of sp³-hybridized carbons (Fsp3) is 0.500. The largest absolute Gasteiger partial charge is 0.392 e. The molecular formula is C76H99Cl5N20O9S2. The van der Waals surface area contributed by atoms with Gasteiger partial charge in [0.15, 0.2) is 0 Å². The fourth-order valence-corrected chi connectivity index (χ4v) is 18.5. The highest BCUT2D eigenvalue weighted by Crippen LogP contribution is 2.42. The molecule has 4 saturated heterocycles. The molecule has 36 heteroatoms. The summed E-state index contributed by atoms with van der Waals surface area (Å²) in [6, 6.07) is 18.7. The molecule has 2 aliphatic carbocycles. The molecule has 9 heterocycles. The summed E-state index contributed by atoms with van der Waals surface area (Å²) in [6.07, 6.45) is 20.1. The van der Waals surface area contributed by atoms with Gasteiger partial charge < -0.3 is 35.5 Å². The standard InChI is InChI=1S/C17H21ClN6O4S.C17H24ClN5O.C16H24ClN5O2S.2C13H15ClN2O/c1-29(27,28)20-4-7-24-15(25)17(21-16(24)26)2-5-23(6-3-17)14-9-11(18)8-13-12(14)10-19-22-13;1-12(24)19-4-5-23-7-6-22(11-17(23,2)3)16-9-13(18)8-15-14(16)10-20-21-15;1-16(2)11-21(6-7-22(16)5-4-19-25(3,23)24)15-9-12(17)8-14-13(15)10-18-20-14;2*14-8-5-10(9-3-1-2-4-13(9)17)11-7-15-16-12(11)6-8/h8-10,20H,2-7H2,1H3,(H,19,22)(H,21,26);8-10H,4-7,11H2,1-3H3,(H,19,24)(H,20,21);8-10,19H,4-7,11H2,1-3H3,(H,18,20);2*5-7,9,13,17H,1-4H2,(H,15,16)/t;;;9-,13+;9-,13-/m...11/s1. The summed E-state index contributed by atoms with van der Waals surface area (Å²) in [5.74, 6) is 0.106. The zero-order chi connectivity index (χ0) is 80.0. The number of nitrogens with one attached hydrogen (secondary N) is 9. The molecule has 0 unspecified atom stereocenters. The summed E-state index contributed by atoms with van der Waals surface area (Å²) in [5, 5.41) is 69.9. The average Bonchev–Trinajstić information content (AvgIpc) is 1.47. The topological polar surface area (TPSA) is 371 Å². The van der Waals surface area contributed by atoms with Gasteiger partial charge in [-0.25, -0.2) is 31.1 Å². The third kappa shape index (κ3) is 20.3. The number of amides is 4. The Morgan fingerprint density at radius 1 is 0.482 bits per heavy atom. The van der Waals surface area contributed by atoms with Crippen molar-refractivity contribution in [3.05, 3.63) is 128 Å². The van der Waals surface area contributed by atoms with Crippen LogP contribution < -0.4 is 34.8 Å². The fourth-order valence-electron chi connectivity index (χ4n) is 16.5. The molecular weight excluding hydrogens is 1580 g/mol. The molecule has 4 atom stereocenters. The summed E-state index contributed by atoms with van der Waals surface area (Å²) in [7, 11) is -6.53. The number of benzene rings is 5. The van der Waals surface area contributed by atoms with E-state index < -0.39 is 31.6 Å². The van der Waals surface area contributed by atoms with Crippen LogP contribution in [-0.2, 0) is 29.6 Å². The van der Waals surface area contributed by atoms with Crippen LogP contribution in [0.2, 0.25) is 25.1 Å². The first-order valence-corrected chi connectivity index (χ1v) is 43.4. The molecule has 112 heavy (non-hydrogen) atoms. The number of aromatic nitrogens is 10. The van der Waals surface area contributed by atoms with Crippen molar-refractivity contribution in [1.82, 2.24) is 85.8 Å². The number of hydrogen-bond acceptors (Lipinski definition) is 19. The van der Waals surface area contributed by atoms with Crippen molar-refractivity contribution >= 4 is 167 Å². The van der Waals surface area contributed by atoms with Gasteiger partial charge >= 0.3 is 6.03 Å². The molecule has 11 N–H and O–H groups in total. The predicted molar refractivity (Wildman–Crippen MR) is 444 cm³/mol. The number of piperazine rings is 2. The van der Waals surface area contributed by atoms with E-state index in [-0.39, 0.29) is 60.0 Å². The van der Waals surface area contributed by atoms with Gasteiger partial charge in [-0.2, -0.15) is 25.5 Å². The minimum Gasteiger partial charge on any atom is -0.392 e. The van der Waals surface area contributed by atoms with Gasteiger partial charge in [-0.05, 0) is 138 Å². The van der Waals surface area contributed by atoms with Crippen molar-refractivity contribution in [3.63, 3.8) is 0 Å². The van der Waals surface area contributed by atoms with Crippen LogP contribution in [0.5, 0.6) is 0 Å². The molecule has 1 spiro atoms. The lowest BCUT2D eigenvalue weighted by Crippen LogP contribution is -2.60. The minimum atomic E-state index is -3.38. The van der Waals surface area contributed by atoms with E-state index in [1.165, 1.54) is 19.1 Å². The quantitative estimate of drug-likeness (QED) is 0.0400. The number of fused-ring (bicyclic) bond motifs is 5. The molecule has 604 valence electrons. The number of H-pyrrole nitrogens is 5. The predicted octanol–water partition coefficient (Wildman–Crippen LogP) is 11.0. The number of carbonyl (C=O) groups is 3. The Kier molecular flexibility index (Phi) is 26.7. The van der Waals surface area contributed by atoms with Crippen LogP contribution in [0.25, 0.3) is 54.5 Å². The molecule has 2 saturated carbocycles. The summed E-state index contributed by atoms with van der Waals surface area (Å²) in [4.78, 5) is 49.0. The Bertz CT molecular complexity index is 5120. The highest BCUT2D eigenvalue weighted by Gasteiger charge is 2.52. The number of aliphatic hydroxyl groups is 2. The summed E-state index contributed by atoms with van der Waals surface area (Å²) in [6.45, 7) is 19.4. The number of urea groups is 1. The van der Waals surface area contributed by atoms with Gasteiger partial charge in [0.2, 0.25) is 26.0 Å². The molecule has 0 bridgehead atoms. The number of aliphatic hydroxyl groups excluding tert-OH is 2. The molecule has 10 aromatic rings. The van der Waals surface area contributed by atoms with E-state index in [0.29, 0.717) is 70.7 Å². The zero-order valence-corrected chi connectivity index (χ0v) is 69.2. The summed E-state index contributed by atoms with van der Waals surface area (Å²) < 4.78 is 49.7. The van der Waals surface area contributed by atoms with Crippen molar-refractivity contribution in [2.45, 2.75) is 139 Å². The maximum atomic E-state index is 12.9. The summed E-state index contributed by atoms with van der Waals surface area (Å²) in [5.41, 5.74) is 9.00. The van der Waals surface area contributed by atoms with Crippen molar-refractivity contribution < 1.29 is 41.4 Å². The van der Waals surface area contributed by atoms with Gasteiger partial charge in [-0.3, -0.25) is 49.8 Å². The number of imide groups is 1. The van der Waals surface area contributed by atoms with Crippen molar-refractivity contribution in [2.75, 3.05) is 119 Å². The number of nitrogens with zero attached hydrogens (tertiary/aromatic N) is 11. The molecule has 0 radical (unpaired) electrons. The highest BCUT2D eigenvalue weighted by molar-refractivity contribution is 7.89. The van der Waals surface area contributed by atoms with Crippen molar-refractivity contribution in [2.24, 2.45) is 0 Å². The van der Waals surface area contributed by atoms with Gasteiger partial charge in [0, 0.05) is 191 Å². The van der Waals surface area contributed by atoms with Gasteiger partial charge in [0.25, 0.3) is 5.91 Å². The van der Waals surface area contributed by atoms with Gasteiger partial charge in [-0.15, -0.1) is 0 Å². The molecule has 16 rings (SSSR count). The third-order valence-corrected chi connectivity index (χ3v) is 24.7. The van der Waals surface area contributed by atoms with Crippen LogP contribution in [0.1, 0.15) is 122 Å². The molecule has 29 nitrogen and oxygen atoms in total. The van der Waals surface area contributed by atoms with E-state index in [4.69, 9.17) is 58.0 Å². The smallest absolute Gasteiger partial charge is 0.325 e. The SMILES string of the molecule is CC(=O)NCCN1CCN(c2cc(Cl)cc3[nH]ncc23)CC1(C)C.CC1(C)CN(c2cc(Cl)cc3[nH]ncc23)CCN1CCNS(C)(=O)=O.CS(=O)(=O)NCCN1C(=O)NC2(CCN(c3cc(Cl)cc4[nH]ncc34)CC2)C1=O.O[C@@H]1CCCC[C@@H]1c1cc(Cl)cc2[nH]ncc12.O[C@H]1CCCC[C@@H]1c1cc(Cl)cc2[nH]ncc12. The van der Waals surface area contributed by atoms with Crippen LogP contribution >= 0.6 is 58.0 Å². The Morgan fingerprint density at radius 3 is 1.21 bits per heavy atom. The minimum absolute atomic E-state index is 0.00681.